The summed E-state index contributed by atoms with van der Waals surface area (Å²) < 4.78 is 13.1. The molecule has 2 amide bonds. The Morgan fingerprint density at radius 2 is 1.37 bits per heavy atom. The van der Waals surface area contributed by atoms with Gasteiger partial charge in [-0.3, -0.25) is 0 Å². The van der Waals surface area contributed by atoms with E-state index >= 15 is 0 Å². The summed E-state index contributed by atoms with van der Waals surface area (Å²) in [6.07, 6.45) is -0.341. The molecule has 0 bridgehead atoms. The van der Waals surface area contributed by atoms with Gasteiger partial charge in [-0.05, 0) is 69.8 Å². The van der Waals surface area contributed by atoms with Crippen LogP contribution >= 0.6 is 11.8 Å². The number of urea groups is 1. The van der Waals surface area contributed by atoms with Crippen molar-refractivity contribution in [1.29, 1.82) is 0 Å². The van der Waals surface area contributed by atoms with Crippen LogP contribution in [0.2, 0.25) is 0 Å². The second-order valence-electron chi connectivity index (χ2n) is 11.8. The number of aliphatic hydroxyl groups is 1. The van der Waals surface area contributed by atoms with Gasteiger partial charge in [0.05, 0.1) is 24.4 Å². The van der Waals surface area contributed by atoms with Crippen molar-refractivity contribution in [3.8, 4) is 11.1 Å². The van der Waals surface area contributed by atoms with Crippen LogP contribution in [0, 0.1) is 0 Å². The maximum absolute atomic E-state index is 12.4. The number of hydrogen-bond acceptors (Lipinski definition) is 6. The molecule has 0 radical (unpaired) electrons. The molecule has 1 aliphatic rings. The largest absolute Gasteiger partial charge is 0.478 e. The van der Waals surface area contributed by atoms with Crippen LogP contribution in [0.25, 0.3) is 11.1 Å². The Bertz CT molecular complexity index is 1850. The Hall–Kier alpha value is -4.93. The number of thioether (sulfide) groups is 1. The zero-order chi connectivity index (χ0) is 34.0. The highest BCUT2D eigenvalue weighted by molar-refractivity contribution is 7.99. The fourth-order valence-corrected chi connectivity index (χ4v) is 6.58. The summed E-state index contributed by atoms with van der Waals surface area (Å²) in [7, 11) is 0. The predicted molar refractivity (Wildman–Crippen MR) is 190 cm³/mol. The van der Waals surface area contributed by atoms with Gasteiger partial charge in [0.25, 0.3) is 0 Å². The van der Waals surface area contributed by atoms with E-state index in [2.05, 4.69) is 22.8 Å². The molecule has 49 heavy (non-hydrogen) atoms. The minimum atomic E-state index is -0.949. The van der Waals surface area contributed by atoms with Crippen LogP contribution < -0.4 is 10.6 Å². The average molecular weight is 675 g/mol. The smallest absolute Gasteiger partial charge is 0.335 e. The molecular weight excluding hydrogens is 637 g/mol. The number of hydrogen-bond donors (Lipinski definition) is 4. The highest BCUT2D eigenvalue weighted by Crippen LogP contribution is 2.40. The molecule has 0 aliphatic carbocycles. The lowest BCUT2D eigenvalue weighted by atomic mass is 9.99. The summed E-state index contributed by atoms with van der Waals surface area (Å²) in [5.41, 5.74) is 7.01. The Morgan fingerprint density at radius 1 is 0.694 bits per heavy atom. The molecule has 1 aliphatic heterocycles. The minimum absolute atomic E-state index is 0.0248. The van der Waals surface area contributed by atoms with Gasteiger partial charge >= 0.3 is 12.0 Å². The first-order valence-electron chi connectivity index (χ1n) is 16.1. The van der Waals surface area contributed by atoms with Crippen LogP contribution in [0.4, 0.5) is 4.79 Å². The van der Waals surface area contributed by atoms with E-state index in [9.17, 15) is 19.8 Å². The Morgan fingerprint density at radius 3 is 2.08 bits per heavy atom. The van der Waals surface area contributed by atoms with Gasteiger partial charge < -0.3 is 30.3 Å². The van der Waals surface area contributed by atoms with E-state index in [1.807, 2.05) is 103 Å². The molecule has 8 nitrogen and oxygen atoms in total. The summed E-state index contributed by atoms with van der Waals surface area (Å²) >= 11 is 1.62. The molecule has 0 saturated carbocycles. The van der Waals surface area contributed by atoms with E-state index < -0.39 is 12.3 Å². The third kappa shape index (κ3) is 9.37. The molecule has 0 unspecified atom stereocenters. The average Bonchev–Trinajstić information content (AvgIpc) is 3.16. The highest BCUT2D eigenvalue weighted by Gasteiger charge is 2.32. The van der Waals surface area contributed by atoms with E-state index in [4.69, 9.17) is 9.47 Å². The van der Waals surface area contributed by atoms with Crippen molar-refractivity contribution in [2.24, 2.45) is 0 Å². The maximum atomic E-state index is 12.4. The summed E-state index contributed by atoms with van der Waals surface area (Å²) in [6.45, 7) is 0.820. The van der Waals surface area contributed by atoms with Gasteiger partial charge in [-0.1, -0.05) is 91.0 Å². The van der Waals surface area contributed by atoms with E-state index in [1.54, 1.807) is 23.9 Å². The number of benzene rings is 5. The molecule has 0 spiro atoms. The number of rotatable bonds is 12. The number of ether oxygens (including phenoxy) is 2. The first-order chi connectivity index (χ1) is 23.9. The van der Waals surface area contributed by atoms with Gasteiger partial charge in [0.2, 0.25) is 0 Å². The van der Waals surface area contributed by atoms with Crippen LogP contribution in [0.15, 0.2) is 132 Å². The van der Waals surface area contributed by atoms with E-state index in [0.29, 0.717) is 25.3 Å². The topological polar surface area (TPSA) is 117 Å². The van der Waals surface area contributed by atoms with Crippen molar-refractivity contribution in [2.45, 2.75) is 49.5 Å². The van der Waals surface area contributed by atoms with Crippen LogP contribution in [0.1, 0.15) is 57.0 Å². The number of carbonyl (C=O) groups excluding carboxylic acids is 1. The highest BCUT2D eigenvalue weighted by atomic mass is 32.2. The number of carboxylic acids is 1. The second-order valence-corrected chi connectivity index (χ2v) is 12.9. The van der Waals surface area contributed by atoms with Crippen LogP contribution in [-0.2, 0) is 29.2 Å². The van der Waals surface area contributed by atoms with Crippen molar-refractivity contribution in [1.82, 2.24) is 10.6 Å². The van der Waals surface area contributed by atoms with Gasteiger partial charge in [0, 0.05) is 35.7 Å². The monoisotopic (exact) mass is 674 g/mol. The second kappa shape index (κ2) is 16.5. The number of carboxylic acid groups (broad SMARTS) is 1. The third-order valence-corrected chi connectivity index (χ3v) is 9.46. The minimum Gasteiger partial charge on any atom is -0.478 e. The summed E-state index contributed by atoms with van der Waals surface area (Å²) in [5, 5.41) is 24.6. The maximum Gasteiger partial charge on any atom is 0.335 e. The molecule has 1 saturated heterocycles. The standard InChI is InChI=1S/C40H38N2O6S/c43-25-28-12-14-30(15-13-28)37-22-35(26-49-36-18-16-31(17-19-36)38(44)45)47-39(48-37)34-11-5-10-33(21-34)32-9-4-8-29(20-32)24-42-40(46)41-23-27-6-2-1-3-7-27/h1-21,35,37,39,43H,22-26H2,(H,44,45)(H2,41,42,46)/t35-,37+,39+/m0/s1. The Balaban J connectivity index is 1.15. The third-order valence-electron chi connectivity index (χ3n) is 8.32. The van der Waals surface area contributed by atoms with Gasteiger partial charge in [-0.2, -0.15) is 0 Å². The molecule has 6 rings (SSSR count). The molecule has 1 heterocycles. The van der Waals surface area contributed by atoms with E-state index in [1.165, 1.54) is 0 Å². The SMILES string of the molecule is O=C(NCc1ccccc1)NCc1cccc(-c2cccc([C@@H]3O[C@H](CSc4ccc(C(=O)O)cc4)C[C@H](c4ccc(CO)cc4)O3)c2)c1. The van der Waals surface area contributed by atoms with Gasteiger partial charge in [-0.25, -0.2) is 9.59 Å². The lowest BCUT2D eigenvalue weighted by molar-refractivity contribution is -0.245. The van der Waals surface area contributed by atoms with Crippen molar-refractivity contribution < 1.29 is 29.3 Å². The lowest BCUT2D eigenvalue weighted by Gasteiger charge is -2.36. The molecule has 5 aromatic carbocycles. The van der Waals surface area contributed by atoms with E-state index in [-0.39, 0.29) is 30.4 Å². The predicted octanol–water partition coefficient (Wildman–Crippen LogP) is 7.88. The molecule has 0 aromatic heterocycles. The summed E-state index contributed by atoms with van der Waals surface area (Å²) in [6, 6.07) is 40.4. The normalized spacial score (nSPS) is 17.3. The Kier molecular flexibility index (Phi) is 11.4. The zero-order valence-corrected chi connectivity index (χ0v) is 27.6. The summed E-state index contributed by atoms with van der Waals surface area (Å²) in [5.74, 6) is -0.291. The molecule has 1 fully saturated rings. The van der Waals surface area contributed by atoms with Crippen LogP contribution in [0.3, 0.4) is 0 Å². The molecule has 3 atom stereocenters. The van der Waals surface area contributed by atoms with E-state index in [0.717, 1.165) is 43.8 Å². The molecule has 4 N–H and O–H groups in total. The van der Waals surface area contributed by atoms with Gasteiger partial charge in [-0.15, -0.1) is 11.8 Å². The van der Waals surface area contributed by atoms with Crippen LogP contribution in [0.5, 0.6) is 0 Å². The fraction of sp³-hybridized carbons (Fsp3) is 0.200. The molecule has 250 valence electrons. The first-order valence-corrected chi connectivity index (χ1v) is 17.1. The number of aliphatic hydroxyl groups excluding tert-OH is 1. The van der Waals surface area contributed by atoms with Gasteiger partial charge in [0.15, 0.2) is 6.29 Å². The van der Waals surface area contributed by atoms with Crippen molar-refractivity contribution in [3.63, 3.8) is 0 Å². The number of aromatic carboxylic acids is 1. The van der Waals surface area contributed by atoms with Crippen molar-refractivity contribution in [3.05, 3.63) is 161 Å². The quantitative estimate of drug-likeness (QED) is 0.0995. The van der Waals surface area contributed by atoms with Crippen molar-refractivity contribution in [2.75, 3.05) is 5.75 Å². The number of nitrogens with one attached hydrogen (secondary N) is 2. The number of amides is 2. The fourth-order valence-electron chi connectivity index (χ4n) is 5.65. The lowest BCUT2D eigenvalue weighted by Crippen LogP contribution is -2.34. The Labute approximate surface area is 290 Å². The van der Waals surface area contributed by atoms with Gasteiger partial charge in [0.1, 0.15) is 0 Å². The molecule has 5 aromatic rings. The molecular formula is C40H38N2O6S. The zero-order valence-electron chi connectivity index (χ0n) is 26.8. The van der Waals surface area contributed by atoms with Crippen molar-refractivity contribution >= 4 is 23.8 Å². The van der Waals surface area contributed by atoms with Crippen LogP contribution in [-0.4, -0.2) is 34.1 Å². The first kappa shape index (κ1) is 34.0. The number of carbonyl (C=O) groups is 2. The molecule has 9 heteroatoms. The summed E-state index contributed by atoms with van der Waals surface area (Å²) in [4.78, 5) is 24.7.